The number of pyridine rings is 1. The maximum Gasteiger partial charge on any atom is 0.254 e. The quantitative estimate of drug-likeness (QED) is 0.609. The van der Waals surface area contributed by atoms with E-state index in [0.717, 1.165) is 0 Å². The molecule has 3 heterocycles. The van der Waals surface area contributed by atoms with Crippen molar-refractivity contribution >= 4 is 29.1 Å². The van der Waals surface area contributed by atoms with Gasteiger partial charge in [0.05, 0.1) is 17.8 Å². The number of carbonyl (C=O) groups is 3. The molecule has 1 aromatic carbocycles. The Labute approximate surface area is 160 Å². The summed E-state index contributed by atoms with van der Waals surface area (Å²) in [5.74, 6) is -0.305. The lowest BCUT2D eigenvalue weighted by Crippen LogP contribution is -2.42. The topological polar surface area (TPSA) is 117 Å². The largest absolute Gasteiger partial charge is 0.349 e. The molecule has 1 aliphatic rings. The summed E-state index contributed by atoms with van der Waals surface area (Å²) in [7, 11) is 0. The third-order valence-electron chi connectivity index (χ3n) is 4.54. The monoisotopic (exact) mass is 378 g/mol. The van der Waals surface area contributed by atoms with Gasteiger partial charge in [0, 0.05) is 12.6 Å². The number of rotatable bonds is 5. The highest BCUT2D eigenvalue weighted by Gasteiger charge is 2.27. The van der Waals surface area contributed by atoms with Crippen LogP contribution < -0.4 is 16.0 Å². The van der Waals surface area contributed by atoms with Crippen molar-refractivity contribution in [3.8, 4) is 0 Å². The fraction of sp³-hybridized carbons (Fsp3) is 0.211. The first-order valence-electron chi connectivity index (χ1n) is 8.88. The number of amides is 3. The molecule has 142 valence electrons. The second-order valence-corrected chi connectivity index (χ2v) is 6.42. The van der Waals surface area contributed by atoms with Gasteiger partial charge in [-0.1, -0.05) is 18.2 Å². The molecule has 1 aliphatic heterocycles. The van der Waals surface area contributed by atoms with Crippen molar-refractivity contribution < 1.29 is 14.4 Å². The standard InChI is InChI=1S/C19H18N6O3/c26-17(20-11-16-24-23-15-7-3-4-10-25(15)16)9-8-14-19(28)21-13-6-2-1-5-12(13)18(27)22-14/h1-7,10,14H,8-9,11H2,(H,20,26)(H,21,28)(H,22,27)/t14-/m1/s1. The minimum Gasteiger partial charge on any atom is -0.349 e. The van der Waals surface area contributed by atoms with Gasteiger partial charge in [-0.15, -0.1) is 10.2 Å². The van der Waals surface area contributed by atoms with Gasteiger partial charge in [-0.2, -0.15) is 0 Å². The number of nitrogens with zero attached hydrogens (tertiary/aromatic N) is 3. The van der Waals surface area contributed by atoms with E-state index in [1.807, 2.05) is 24.4 Å². The van der Waals surface area contributed by atoms with Crippen LogP contribution in [0.2, 0.25) is 0 Å². The van der Waals surface area contributed by atoms with Crippen LogP contribution in [0.1, 0.15) is 29.0 Å². The third-order valence-corrected chi connectivity index (χ3v) is 4.54. The molecular weight excluding hydrogens is 360 g/mol. The molecule has 3 amide bonds. The number of nitrogens with one attached hydrogen (secondary N) is 3. The van der Waals surface area contributed by atoms with E-state index in [9.17, 15) is 14.4 Å². The van der Waals surface area contributed by atoms with Crippen molar-refractivity contribution in [1.82, 2.24) is 25.2 Å². The van der Waals surface area contributed by atoms with Gasteiger partial charge in [0.2, 0.25) is 11.8 Å². The third kappa shape index (κ3) is 3.54. The number of benzene rings is 1. The van der Waals surface area contributed by atoms with E-state index in [4.69, 9.17) is 0 Å². The number of para-hydroxylation sites is 1. The molecule has 0 bridgehead atoms. The van der Waals surface area contributed by atoms with Crippen molar-refractivity contribution in [3.05, 3.63) is 60.0 Å². The Balaban J connectivity index is 1.33. The molecule has 0 saturated carbocycles. The number of hydrogen-bond acceptors (Lipinski definition) is 5. The van der Waals surface area contributed by atoms with Gasteiger partial charge < -0.3 is 16.0 Å². The Morgan fingerprint density at radius 2 is 1.93 bits per heavy atom. The summed E-state index contributed by atoms with van der Waals surface area (Å²) in [5.41, 5.74) is 1.57. The first-order valence-corrected chi connectivity index (χ1v) is 8.88. The molecule has 3 aromatic rings. The summed E-state index contributed by atoms with van der Waals surface area (Å²) in [6.45, 7) is 0.221. The predicted molar refractivity (Wildman–Crippen MR) is 100 cm³/mol. The number of anilines is 1. The van der Waals surface area contributed by atoms with Crippen molar-refractivity contribution in [2.24, 2.45) is 0 Å². The van der Waals surface area contributed by atoms with Gasteiger partial charge in [0.15, 0.2) is 11.5 Å². The van der Waals surface area contributed by atoms with Gasteiger partial charge in [0.25, 0.3) is 5.91 Å². The summed E-state index contributed by atoms with van der Waals surface area (Å²) < 4.78 is 1.79. The minimum atomic E-state index is -0.778. The molecule has 1 atom stereocenters. The summed E-state index contributed by atoms with van der Waals surface area (Å²) in [4.78, 5) is 36.8. The molecule has 4 rings (SSSR count). The van der Waals surface area contributed by atoms with E-state index in [1.54, 1.807) is 28.7 Å². The fourth-order valence-electron chi connectivity index (χ4n) is 3.07. The van der Waals surface area contributed by atoms with Crippen LogP contribution in [0.3, 0.4) is 0 Å². The Hall–Kier alpha value is -3.75. The molecule has 28 heavy (non-hydrogen) atoms. The minimum absolute atomic E-state index is 0.0887. The Kier molecular flexibility index (Phi) is 4.71. The molecular formula is C19H18N6O3. The van der Waals surface area contributed by atoms with Crippen molar-refractivity contribution in [1.29, 1.82) is 0 Å². The zero-order valence-corrected chi connectivity index (χ0v) is 14.9. The average molecular weight is 378 g/mol. The zero-order valence-electron chi connectivity index (χ0n) is 14.9. The number of aromatic nitrogens is 3. The van der Waals surface area contributed by atoms with Crippen LogP contribution >= 0.6 is 0 Å². The molecule has 0 aliphatic carbocycles. The Morgan fingerprint density at radius 1 is 1.11 bits per heavy atom. The number of carbonyl (C=O) groups excluding carboxylic acids is 3. The second kappa shape index (κ2) is 7.47. The maximum atomic E-state index is 12.3. The van der Waals surface area contributed by atoms with Crippen LogP contribution in [-0.2, 0) is 16.1 Å². The van der Waals surface area contributed by atoms with Crippen LogP contribution in [0.5, 0.6) is 0 Å². The molecule has 2 aromatic heterocycles. The molecule has 0 fully saturated rings. The van der Waals surface area contributed by atoms with Crippen LogP contribution in [0.4, 0.5) is 5.69 Å². The number of hydrogen-bond donors (Lipinski definition) is 3. The van der Waals surface area contributed by atoms with Crippen molar-refractivity contribution in [2.45, 2.75) is 25.4 Å². The highest BCUT2D eigenvalue weighted by atomic mass is 16.2. The molecule has 9 nitrogen and oxygen atoms in total. The van der Waals surface area contributed by atoms with Gasteiger partial charge in [-0.25, -0.2) is 0 Å². The summed E-state index contributed by atoms with van der Waals surface area (Å²) >= 11 is 0. The molecule has 0 saturated heterocycles. The molecule has 3 N–H and O–H groups in total. The smallest absolute Gasteiger partial charge is 0.254 e. The van der Waals surface area contributed by atoms with Crippen molar-refractivity contribution in [2.75, 3.05) is 5.32 Å². The normalized spacial score (nSPS) is 16.1. The zero-order chi connectivity index (χ0) is 19.5. The summed E-state index contributed by atoms with van der Waals surface area (Å²) in [6, 6.07) is 11.5. The first-order chi connectivity index (χ1) is 13.6. The van der Waals surface area contributed by atoms with Gasteiger partial charge in [-0.05, 0) is 30.7 Å². The van der Waals surface area contributed by atoms with Crippen LogP contribution in [-0.4, -0.2) is 38.4 Å². The predicted octanol–water partition coefficient (Wildman–Crippen LogP) is 0.876. The first kappa shape index (κ1) is 17.7. The lowest BCUT2D eigenvalue weighted by atomic mass is 10.1. The lowest BCUT2D eigenvalue weighted by Gasteiger charge is -2.14. The van der Waals surface area contributed by atoms with Gasteiger partial charge >= 0.3 is 0 Å². The lowest BCUT2D eigenvalue weighted by molar-refractivity contribution is -0.122. The van der Waals surface area contributed by atoms with Crippen LogP contribution in [0.25, 0.3) is 5.65 Å². The molecule has 0 unspecified atom stereocenters. The second-order valence-electron chi connectivity index (χ2n) is 6.42. The molecule has 0 radical (unpaired) electrons. The van der Waals surface area contributed by atoms with Gasteiger partial charge in [0.1, 0.15) is 6.04 Å². The van der Waals surface area contributed by atoms with E-state index < -0.39 is 6.04 Å². The highest BCUT2D eigenvalue weighted by Crippen LogP contribution is 2.19. The summed E-state index contributed by atoms with van der Waals surface area (Å²) in [5, 5.41) is 16.2. The highest BCUT2D eigenvalue weighted by molar-refractivity contribution is 6.09. The van der Waals surface area contributed by atoms with Gasteiger partial charge in [-0.3, -0.25) is 18.8 Å². The van der Waals surface area contributed by atoms with E-state index in [1.165, 1.54) is 0 Å². The Bertz CT molecular complexity index is 1060. The SMILES string of the molecule is O=C(CC[C@H]1NC(=O)c2ccccc2NC1=O)NCc1nnc2ccccn12. The number of fused-ring (bicyclic) bond motifs is 2. The Morgan fingerprint density at radius 3 is 2.82 bits per heavy atom. The average Bonchev–Trinajstić information content (AvgIpc) is 3.07. The van der Waals surface area contributed by atoms with Crippen molar-refractivity contribution in [3.63, 3.8) is 0 Å². The maximum absolute atomic E-state index is 12.3. The van der Waals surface area contributed by atoms with E-state index in [0.29, 0.717) is 22.7 Å². The van der Waals surface area contributed by atoms with E-state index >= 15 is 0 Å². The molecule has 0 spiro atoms. The fourth-order valence-corrected chi connectivity index (χ4v) is 3.07. The van der Waals surface area contributed by atoms with E-state index in [-0.39, 0.29) is 37.1 Å². The summed E-state index contributed by atoms with van der Waals surface area (Å²) in [6.07, 6.45) is 2.10. The van der Waals surface area contributed by atoms with Crippen LogP contribution in [0, 0.1) is 0 Å². The van der Waals surface area contributed by atoms with Crippen LogP contribution in [0.15, 0.2) is 48.7 Å². The van der Waals surface area contributed by atoms with E-state index in [2.05, 4.69) is 26.1 Å². The molecule has 9 heteroatoms.